The summed E-state index contributed by atoms with van der Waals surface area (Å²) in [5.74, 6) is 1.39. The summed E-state index contributed by atoms with van der Waals surface area (Å²) in [4.78, 5) is 12.2. The van der Waals surface area contributed by atoms with Gasteiger partial charge in [0, 0.05) is 11.8 Å². The number of amides is 1. The molecule has 1 N–H and O–H groups in total. The first-order valence-corrected chi connectivity index (χ1v) is 7.85. The number of nitrogens with one attached hydrogen (secondary N) is 1. The molecule has 2 aromatic rings. The van der Waals surface area contributed by atoms with Gasteiger partial charge in [0.2, 0.25) is 11.7 Å². The quantitative estimate of drug-likeness (QED) is 0.808. The highest BCUT2D eigenvalue weighted by Gasteiger charge is 2.12. The molecular weight excluding hydrogens is 318 g/mol. The Bertz CT molecular complexity index is 771. The van der Waals surface area contributed by atoms with Crippen LogP contribution in [0.3, 0.4) is 0 Å². The number of benzene rings is 2. The number of aryl methyl sites for hydroxylation is 1. The van der Waals surface area contributed by atoms with E-state index in [2.05, 4.69) is 5.32 Å². The minimum atomic E-state index is -0.206. The summed E-state index contributed by atoms with van der Waals surface area (Å²) < 4.78 is 15.9. The van der Waals surface area contributed by atoms with Gasteiger partial charge in [-0.15, -0.1) is 0 Å². The molecule has 5 heteroatoms. The minimum absolute atomic E-state index is 0.206. The Hall–Kier alpha value is -2.95. The second-order valence-corrected chi connectivity index (χ2v) is 5.53. The maximum atomic E-state index is 12.2. The van der Waals surface area contributed by atoms with Gasteiger partial charge in [0.25, 0.3) is 0 Å². The molecule has 5 nitrogen and oxygen atoms in total. The van der Waals surface area contributed by atoms with Crippen molar-refractivity contribution in [3.8, 4) is 17.2 Å². The standard InChI is InChI=1S/C20H23NO4/c1-13-7-6-8-16(14(13)2)21-19(22)10-9-15-11-17(23-3)20(25-5)18(12-15)24-4/h6-12H,1-5H3,(H,21,22)/b10-9+. The number of carbonyl (C=O) groups excluding carboxylic acids is 1. The highest BCUT2D eigenvalue weighted by Crippen LogP contribution is 2.38. The zero-order chi connectivity index (χ0) is 18.4. The van der Waals surface area contributed by atoms with E-state index in [-0.39, 0.29) is 5.91 Å². The van der Waals surface area contributed by atoms with Gasteiger partial charge >= 0.3 is 0 Å². The van der Waals surface area contributed by atoms with Crippen LogP contribution in [0.5, 0.6) is 17.2 Å². The SMILES string of the molecule is COc1cc(/C=C/C(=O)Nc2cccc(C)c2C)cc(OC)c1OC. The van der Waals surface area contributed by atoms with Crippen molar-refractivity contribution in [2.75, 3.05) is 26.6 Å². The van der Waals surface area contributed by atoms with Gasteiger partial charge < -0.3 is 19.5 Å². The molecule has 132 valence electrons. The molecule has 0 aliphatic carbocycles. The molecule has 0 saturated carbocycles. The number of rotatable bonds is 6. The van der Waals surface area contributed by atoms with E-state index in [9.17, 15) is 4.79 Å². The summed E-state index contributed by atoms with van der Waals surface area (Å²) in [7, 11) is 4.66. The fraction of sp³-hybridized carbons (Fsp3) is 0.250. The third-order valence-electron chi connectivity index (χ3n) is 3.98. The highest BCUT2D eigenvalue weighted by molar-refractivity contribution is 6.02. The predicted octanol–water partition coefficient (Wildman–Crippen LogP) is 3.98. The van der Waals surface area contributed by atoms with Gasteiger partial charge in [0.1, 0.15) is 0 Å². The first kappa shape index (κ1) is 18.4. The highest BCUT2D eigenvalue weighted by atomic mass is 16.5. The van der Waals surface area contributed by atoms with Gasteiger partial charge in [0.05, 0.1) is 21.3 Å². The largest absolute Gasteiger partial charge is 0.493 e. The number of hydrogen-bond donors (Lipinski definition) is 1. The summed E-state index contributed by atoms with van der Waals surface area (Å²) in [6.07, 6.45) is 3.17. The maximum Gasteiger partial charge on any atom is 0.248 e. The monoisotopic (exact) mass is 341 g/mol. The number of anilines is 1. The summed E-state index contributed by atoms with van der Waals surface area (Å²) in [5.41, 5.74) is 3.76. The molecule has 2 rings (SSSR count). The Kier molecular flexibility index (Phi) is 6.06. The molecular formula is C20H23NO4. The molecule has 0 radical (unpaired) electrons. The van der Waals surface area contributed by atoms with Gasteiger partial charge in [-0.25, -0.2) is 0 Å². The van der Waals surface area contributed by atoms with Crippen LogP contribution in [-0.4, -0.2) is 27.2 Å². The van der Waals surface area contributed by atoms with Gasteiger partial charge in [-0.2, -0.15) is 0 Å². The number of ether oxygens (including phenoxy) is 3. The number of hydrogen-bond acceptors (Lipinski definition) is 4. The van der Waals surface area contributed by atoms with Crippen molar-refractivity contribution < 1.29 is 19.0 Å². The lowest BCUT2D eigenvalue weighted by Gasteiger charge is -2.13. The first-order valence-electron chi connectivity index (χ1n) is 7.85. The predicted molar refractivity (Wildman–Crippen MR) is 99.7 cm³/mol. The van der Waals surface area contributed by atoms with Crippen LogP contribution in [0.15, 0.2) is 36.4 Å². The van der Waals surface area contributed by atoms with Crippen molar-refractivity contribution in [3.05, 3.63) is 53.1 Å². The zero-order valence-electron chi connectivity index (χ0n) is 15.2. The number of carbonyl (C=O) groups is 1. The molecule has 2 aromatic carbocycles. The molecule has 0 spiro atoms. The summed E-state index contributed by atoms with van der Waals surface area (Å²) >= 11 is 0. The molecule has 0 aliphatic heterocycles. The van der Waals surface area contributed by atoms with Gasteiger partial charge in [-0.1, -0.05) is 12.1 Å². The fourth-order valence-corrected chi connectivity index (χ4v) is 2.43. The molecule has 0 saturated heterocycles. The Morgan fingerprint density at radius 2 is 1.64 bits per heavy atom. The molecule has 0 aliphatic rings. The van der Waals surface area contributed by atoms with E-state index in [4.69, 9.17) is 14.2 Å². The van der Waals surface area contributed by atoms with Crippen LogP contribution in [0.25, 0.3) is 6.08 Å². The van der Waals surface area contributed by atoms with E-state index in [0.29, 0.717) is 17.2 Å². The van der Waals surface area contributed by atoms with E-state index < -0.39 is 0 Å². The van der Waals surface area contributed by atoms with Crippen LogP contribution >= 0.6 is 0 Å². The molecule has 1 amide bonds. The fourth-order valence-electron chi connectivity index (χ4n) is 2.43. The van der Waals surface area contributed by atoms with E-state index in [0.717, 1.165) is 22.4 Å². The Balaban J connectivity index is 2.21. The van der Waals surface area contributed by atoms with Crippen molar-refractivity contribution in [2.24, 2.45) is 0 Å². The molecule has 25 heavy (non-hydrogen) atoms. The lowest BCUT2D eigenvalue weighted by Crippen LogP contribution is -2.09. The number of methoxy groups -OCH3 is 3. The van der Waals surface area contributed by atoms with Crippen LogP contribution in [0, 0.1) is 13.8 Å². The topological polar surface area (TPSA) is 56.8 Å². The van der Waals surface area contributed by atoms with E-state index in [1.165, 1.54) is 6.08 Å². The van der Waals surface area contributed by atoms with E-state index >= 15 is 0 Å². The van der Waals surface area contributed by atoms with Crippen molar-refractivity contribution in [1.82, 2.24) is 0 Å². The van der Waals surface area contributed by atoms with Crippen molar-refractivity contribution in [2.45, 2.75) is 13.8 Å². The molecule has 0 fully saturated rings. The molecule has 0 unspecified atom stereocenters. The maximum absolute atomic E-state index is 12.2. The molecule has 0 bridgehead atoms. The average molecular weight is 341 g/mol. The Labute approximate surface area is 148 Å². The molecule has 0 aromatic heterocycles. The van der Waals surface area contributed by atoms with Crippen LogP contribution in [-0.2, 0) is 4.79 Å². The lowest BCUT2D eigenvalue weighted by molar-refractivity contribution is -0.111. The Morgan fingerprint density at radius 1 is 1.00 bits per heavy atom. The van der Waals surface area contributed by atoms with E-state index in [1.54, 1.807) is 39.5 Å². The van der Waals surface area contributed by atoms with Gasteiger partial charge in [-0.05, 0) is 54.8 Å². The molecule has 0 atom stereocenters. The van der Waals surface area contributed by atoms with Gasteiger partial charge in [0.15, 0.2) is 11.5 Å². The van der Waals surface area contributed by atoms with Crippen molar-refractivity contribution >= 4 is 17.7 Å². The zero-order valence-corrected chi connectivity index (χ0v) is 15.2. The third kappa shape index (κ3) is 4.32. The molecule has 0 heterocycles. The van der Waals surface area contributed by atoms with Crippen LogP contribution in [0.2, 0.25) is 0 Å². The van der Waals surface area contributed by atoms with Crippen molar-refractivity contribution in [3.63, 3.8) is 0 Å². The second-order valence-electron chi connectivity index (χ2n) is 5.53. The summed E-state index contributed by atoms with van der Waals surface area (Å²) in [6, 6.07) is 9.37. The van der Waals surface area contributed by atoms with Crippen LogP contribution in [0.1, 0.15) is 16.7 Å². The van der Waals surface area contributed by atoms with Crippen LogP contribution in [0.4, 0.5) is 5.69 Å². The smallest absolute Gasteiger partial charge is 0.248 e. The summed E-state index contributed by atoms with van der Waals surface area (Å²) in [6.45, 7) is 3.99. The van der Waals surface area contributed by atoms with Crippen LogP contribution < -0.4 is 19.5 Å². The normalized spacial score (nSPS) is 10.6. The second kappa shape index (κ2) is 8.24. The third-order valence-corrected chi connectivity index (χ3v) is 3.98. The average Bonchev–Trinajstić information content (AvgIpc) is 2.62. The van der Waals surface area contributed by atoms with Crippen molar-refractivity contribution in [1.29, 1.82) is 0 Å². The first-order chi connectivity index (χ1) is 12.0. The Morgan fingerprint density at radius 3 is 2.20 bits per heavy atom. The lowest BCUT2D eigenvalue weighted by atomic mass is 10.1. The summed E-state index contributed by atoms with van der Waals surface area (Å²) in [5, 5.41) is 2.89. The van der Waals surface area contributed by atoms with E-state index in [1.807, 2.05) is 32.0 Å². The minimum Gasteiger partial charge on any atom is -0.493 e. The van der Waals surface area contributed by atoms with Gasteiger partial charge in [-0.3, -0.25) is 4.79 Å².